The Kier molecular flexibility index (Phi) is 6.82. The first-order valence-electron chi connectivity index (χ1n) is 8.30. The lowest BCUT2D eigenvalue weighted by atomic mass is 10.1. The fourth-order valence-corrected chi connectivity index (χ4v) is 2.50. The Morgan fingerprint density at radius 1 is 1.04 bits per heavy atom. The van der Waals surface area contributed by atoms with Gasteiger partial charge in [-0.25, -0.2) is 0 Å². The monoisotopic (exact) mass is 326 g/mol. The van der Waals surface area contributed by atoms with Crippen LogP contribution in [0.5, 0.6) is 5.75 Å². The number of carbonyl (C=O) groups is 1. The maximum absolute atomic E-state index is 12.0. The van der Waals surface area contributed by atoms with Crippen molar-refractivity contribution < 1.29 is 9.53 Å². The van der Waals surface area contributed by atoms with Crippen molar-refractivity contribution >= 4 is 11.6 Å². The fourth-order valence-electron chi connectivity index (χ4n) is 2.50. The van der Waals surface area contributed by atoms with E-state index in [2.05, 4.69) is 23.6 Å². The average Bonchev–Trinajstić information content (AvgIpc) is 2.58. The number of hydrogen-bond acceptors (Lipinski definition) is 3. The molecule has 0 aliphatic rings. The first kappa shape index (κ1) is 18.0. The van der Waals surface area contributed by atoms with Crippen LogP contribution < -0.4 is 15.4 Å². The number of nitrogens with one attached hydrogen (secondary N) is 2. The number of hydrogen-bond donors (Lipinski definition) is 2. The molecule has 0 fully saturated rings. The van der Waals surface area contributed by atoms with E-state index in [0.717, 1.165) is 24.4 Å². The fraction of sp³-hybridized carbons (Fsp3) is 0.350. The Morgan fingerprint density at radius 3 is 2.58 bits per heavy atom. The summed E-state index contributed by atoms with van der Waals surface area (Å²) in [6, 6.07) is 14.0. The second-order valence-electron chi connectivity index (χ2n) is 5.91. The van der Waals surface area contributed by atoms with Crippen LogP contribution in [0.25, 0.3) is 0 Å². The van der Waals surface area contributed by atoms with Crippen LogP contribution in [0.3, 0.4) is 0 Å². The Balaban J connectivity index is 1.68. The molecule has 1 amide bonds. The summed E-state index contributed by atoms with van der Waals surface area (Å²) >= 11 is 0. The first-order chi connectivity index (χ1) is 11.6. The number of amides is 1. The number of methoxy groups -OCH3 is 1. The maximum atomic E-state index is 12.0. The van der Waals surface area contributed by atoms with Crippen molar-refractivity contribution in [1.82, 2.24) is 5.32 Å². The smallest absolute Gasteiger partial charge is 0.225 e. The number of aryl methyl sites for hydroxylation is 2. The Hall–Kier alpha value is -2.33. The molecule has 4 heteroatoms. The number of carbonyl (C=O) groups excluding carboxylic acids is 1. The van der Waals surface area contributed by atoms with Crippen molar-refractivity contribution in [2.75, 3.05) is 25.5 Å². The molecule has 24 heavy (non-hydrogen) atoms. The van der Waals surface area contributed by atoms with E-state index in [1.165, 1.54) is 16.7 Å². The lowest BCUT2D eigenvalue weighted by Gasteiger charge is -2.10. The molecule has 2 aromatic carbocycles. The van der Waals surface area contributed by atoms with Gasteiger partial charge in [-0.1, -0.05) is 24.3 Å². The van der Waals surface area contributed by atoms with Crippen LogP contribution >= 0.6 is 0 Å². The molecule has 2 N–H and O–H groups in total. The van der Waals surface area contributed by atoms with E-state index in [9.17, 15) is 4.79 Å². The van der Waals surface area contributed by atoms with E-state index in [1.807, 2.05) is 43.3 Å². The van der Waals surface area contributed by atoms with Crippen molar-refractivity contribution in [3.05, 3.63) is 59.2 Å². The molecule has 2 aromatic rings. The van der Waals surface area contributed by atoms with Gasteiger partial charge in [0, 0.05) is 18.7 Å². The van der Waals surface area contributed by atoms with Gasteiger partial charge in [0.1, 0.15) is 5.75 Å². The van der Waals surface area contributed by atoms with E-state index in [4.69, 9.17) is 4.74 Å². The SMILES string of the molecule is COc1ccccc1CCNCCC(=O)Nc1ccc(C)c(C)c1. The van der Waals surface area contributed by atoms with Crippen molar-refractivity contribution in [1.29, 1.82) is 0 Å². The van der Waals surface area contributed by atoms with Gasteiger partial charge in [0.05, 0.1) is 7.11 Å². The third-order valence-electron chi connectivity index (χ3n) is 4.08. The molecule has 0 atom stereocenters. The van der Waals surface area contributed by atoms with Gasteiger partial charge in [-0.05, 0) is 61.7 Å². The number of para-hydroxylation sites is 1. The average molecular weight is 326 g/mol. The third-order valence-corrected chi connectivity index (χ3v) is 4.08. The number of ether oxygens (including phenoxy) is 1. The molecule has 0 bridgehead atoms. The predicted octanol–water partition coefficient (Wildman–Crippen LogP) is 3.47. The van der Waals surface area contributed by atoms with E-state index < -0.39 is 0 Å². The molecule has 2 rings (SSSR count). The van der Waals surface area contributed by atoms with Gasteiger partial charge in [-0.2, -0.15) is 0 Å². The summed E-state index contributed by atoms with van der Waals surface area (Å²) < 4.78 is 5.33. The van der Waals surface area contributed by atoms with Crippen LogP contribution in [0.4, 0.5) is 5.69 Å². The molecule has 0 aliphatic heterocycles. The normalized spacial score (nSPS) is 10.5. The summed E-state index contributed by atoms with van der Waals surface area (Å²) in [5, 5.41) is 6.24. The molecular formula is C20H26N2O2. The highest BCUT2D eigenvalue weighted by atomic mass is 16.5. The van der Waals surface area contributed by atoms with Gasteiger partial charge in [0.2, 0.25) is 5.91 Å². The third kappa shape index (κ3) is 5.39. The molecule has 0 aromatic heterocycles. The highest BCUT2D eigenvalue weighted by molar-refractivity contribution is 5.90. The number of anilines is 1. The van der Waals surface area contributed by atoms with Gasteiger partial charge in [0.15, 0.2) is 0 Å². The summed E-state index contributed by atoms with van der Waals surface area (Å²) in [5.74, 6) is 0.940. The minimum Gasteiger partial charge on any atom is -0.496 e. The minimum atomic E-state index is 0.0306. The summed E-state index contributed by atoms with van der Waals surface area (Å²) in [6.45, 7) is 5.58. The number of benzene rings is 2. The standard InChI is InChI=1S/C20H26N2O2/c1-15-8-9-18(14-16(15)2)22-20(23)11-13-21-12-10-17-6-4-5-7-19(17)24-3/h4-9,14,21H,10-13H2,1-3H3,(H,22,23). The molecular weight excluding hydrogens is 300 g/mol. The zero-order valence-electron chi connectivity index (χ0n) is 14.7. The topological polar surface area (TPSA) is 50.4 Å². The molecule has 0 radical (unpaired) electrons. The number of rotatable bonds is 8. The summed E-state index contributed by atoms with van der Waals surface area (Å²) in [7, 11) is 1.68. The highest BCUT2D eigenvalue weighted by Gasteiger charge is 2.04. The Morgan fingerprint density at radius 2 is 1.83 bits per heavy atom. The Bertz CT molecular complexity index is 683. The van der Waals surface area contributed by atoms with Crippen molar-refractivity contribution in [2.45, 2.75) is 26.7 Å². The van der Waals surface area contributed by atoms with E-state index in [-0.39, 0.29) is 5.91 Å². The zero-order valence-corrected chi connectivity index (χ0v) is 14.7. The second kappa shape index (κ2) is 9.08. The molecule has 0 saturated heterocycles. The van der Waals surface area contributed by atoms with E-state index >= 15 is 0 Å². The van der Waals surface area contributed by atoms with Crippen LogP contribution in [-0.2, 0) is 11.2 Å². The van der Waals surface area contributed by atoms with Crippen LogP contribution in [0.2, 0.25) is 0 Å². The van der Waals surface area contributed by atoms with Gasteiger partial charge in [-0.15, -0.1) is 0 Å². The van der Waals surface area contributed by atoms with Gasteiger partial charge in [-0.3, -0.25) is 4.79 Å². The molecule has 4 nitrogen and oxygen atoms in total. The summed E-state index contributed by atoms with van der Waals surface area (Å²) in [4.78, 5) is 12.0. The maximum Gasteiger partial charge on any atom is 0.225 e. The molecule has 0 saturated carbocycles. The summed E-state index contributed by atoms with van der Waals surface area (Å²) in [5.41, 5.74) is 4.44. The van der Waals surface area contributed by atoms with E-state index in [0.29, 0.717) is 13.0 Å². The predicted molar refractivity (Wildman–Crippen MR) is 98.7 cm³/mol. The second-order valence-corrected chi connectivity index (χ2v) is 5.91. The van der Waals surface area contributed by atoms with Crippen LogP contribution in [0, 0.1) is 13.8 Å². The molecule has 128 valence electrons. The van der Waals surface area contributed by atoms with Crippen LogP contribution in [0.1, 0.15) is 23.1 Å². The largest absolute Gasteiger partial charge is 0.496 e. The zero-order chi connectivity index (χ0) is 17.4. The Labute approximate surface area is 144 Å². The lowest BCUT2D eigenvalue weighted by molar-refractivity contribution is -0.116. The highest BCUT2D eigenvalue weighted by Crippen LogP contribution is 2.17. The first-order valence-corrected chi connectivity index (χ1v) is 8.30. The van der Waals surface area contributed by atoms with Gasteiger partial charge < -0.3 is 15.4 Å². The quantitative estimate of drug-likeness (QED) is 0.730. The van der Waals surface area contributed by atoms with E-state index in [1.54, 1.807) is 7.11 Å². The van der Waals surface area contributed by atoms with Crippen LogP contribution in [-0.4, -0.2) is 26.1 Å². The minimum absolute atomic E-state index is 0.0306. The molecule has 0 aliphatic carbocycles. The lowest BCUT2D eigenvalue weighted by Crippen LogP contribution is -2.23. The molecule has 0 spiro atoms. The van der Waals surface area contributed by atoms with Crippen LogP contribution in [0.15, 0.2) is 42.5 Å². The van der Waals surface area contributed by atoms with Crippen molar-refractivity contribution in [2.24, 2.45) is 0 Å². The molecule has 0 heterocycles. The van der Waals surface area contributed by atoms with Crippen molar-refractivity contribution in [3.8, 4) is 5.75 Å². The summed E-state index contributed by atoms with van der Waals surface area (Å²) in [6.07, 6.45) is 1.33. The van der Waals surface area contributed by atoms with Crippen molar-refractivity contribution in [3.63, 3.8) is 0 Å². The molecule has 0 unspecified atom stereocenters. The van der Waals surface area contributed by atoms with Gasteiger partial charge >= 0.3 is 0 Å². The van der Waals surface area contributed by atoms with Gasteiger partial charge in [0.25, 0.3) is 0 Å².